The van der Waals surface area contributed by atoms with Gasteiger partial charge in [0.05, 0.1) is 0 Å². The summed E-state index contributed by atoms with van der Waals surface area (Å²) < 4.78 is 28.0. The van der Waals surface area contributed by atoms with Gasteiger partial charge >= 0.3 is 5.97 Å². The van der Waals surface area contributed by atoms with Gasteiger partial charge in [-0.05, 0) is 60.8 Å². The van der Waals surface area contributed by atoms with E-state index in [-0.39, 0.29) is 15.8 Å². The number of hydrogen-bond acceptors (Lipinski definition) is 4. The molecule has 3 aliphatic carbocycles. The van der Waals surface area contributed by atoms with Crippen LogP contribution in [-0.4, -0.2) is 25.5 Å². The monoisotopic (exact) mass is 327 g/mol. The molecule has 1 aromatic heterocycles. The van der Waals surface area contributed by atoms with Crippen LogP contribution in [0.1, 0.15) is 34.5 Å². The molecule has 3 saturated carbocycles. The lowest BCUT2D eigenvalue weighted by Gasteiger charge is -2.12. The van der Waals surface area contributed by atoms with Gasteiger partial charge in [-0.2, -0.15) is 0 Å². The van der Waals surface area contributed by atoms with Crippen LogP contribution in [-0.2, 0) is 10.0 Å². The van der Waals surface area contributed by atoms with Crippen molar-refractivity contribution in [1.82, 2.24) is 4.72 Å². The Morgan fingerprint density at radius 1 is 1.33 bits per heavy atom. The first kappa shape index (κ1) is 13.7. The van der Waals surface area contributed by atoms with Gasteiger partial charge in [0.2, 0.25) is 10.0 Å². The van der Waals surface area contributed by atoms with Crippen LogP contribution in [0.5, 0.6) is 0 Å². The van der Waals surface area contributed by atoms with E-state index in [0.29, 0.717) is 29.2 Å². The Bertz CT molecular complexity index is 707. The topological polar surface area (TPSA) is 83.5 Å². The number of carbonyl (C=O) groups is 1. The molecule has 0 amide bonds. The first-order chi connectivity index (χ1) is 9.90. The van der Waals surface area contributed by atoms with Crippen LogP contribution in [0.2, 0.25) is 0 Å². The van der Waals surface area contributed by atoms with Crippen LogP contribution < -0.4 is 4.72 Å². The van der Waals surface area contributed by atoms with Crippen LogP contribution in [0.4, 0.5) is 0 Å². The predicted octanol–water partition coefficient (Wildman–Crippen LogP) is 2.08. The van der Waals surface area contributed by atoms with E-state index >= 15 is 0 Å². The molecular formula is C14H17NO4S2. The van der Waals surface area contributed by atoms with Gasteiger partial charge in [0.15, 0.2) is 0 Å². The van der Waals surface area contributed by atoms with Gasteiger partial charge in [0, 0.05) is 6.04 Å². The zero-order valence-electron chi connectivity index (χ0n) is 11.6. The summed E-state index contributed by atoms with van der Waals surface area (Å²) in [7, 11) is -3.74. The highest BCUT2D eigenvalue weighted by molar-refractivity contribution is 7.89. The second-order valence-corrected chi connectivity index (χ2v) is 9.05. The predicted molar refractivity (Wildman–Crippen MR) is 77.9 cm³/mol. The number of carboxylic acids is 1. The third-order valence-corrected chi connectivity index (χ3v) is 8.27. The van der Waals surface area contributed by atoms with Crippen molar-refractivity contribution < 1.29 is 18.3 Å². The fourth-order valence-electron chi connectivity index (χ4n) is 4.64. The molecule has 7 heteroatoms. The minimum absolute atomic E-state index is 0.0298. The third-order valence-electron chi connectivity index (χ3n) is 5.41. The molecule has 5 nitrogen and oxygen atoms in total. The Morgan fingerprint density at radius 2 is 1.95 bits per heavy atom. The standard InChI is InChI=1S/C14H17NO4S2/c1-6-5-20-12(14(16)17)13(6)21(18,19)15-11-9-7-2-3-8(4-7)10(9)11/h5,7-11,15H,2-4H2,1H3,(H,16,17). The zero-order valence-corrected chi connectivity index (χ0v) is 13.2. The SMILES string of the molecule is Cc1csc(C(=O)O)c1S(=O)(=O)NC1C2C3CCC(C3)C12. The smallest absolute Gasteiger partial charge is 0.347 e. The highest BCUT2D eigenvalue weighted by atomic mass is 32.2. The Kier molecular flexibility index (Phi) is 2.81. The maximum absolute atomic E-state index is 12.6. The zero-order chi connectivity index (χ0) is 14.9. The first-order valence-corrected chi connectivity index (χ1v) is 9.60. The summed E-state index contributed by atoms with van der Waals surface area (Å²) in [6.45, 7) is 1.65. The maximum Gasteiger partial charge on any atom is 0.347 e. The van der Waals surface area contributed by atoms with Crippen molar-refractivity contribution in [3.8, 4) is 0 Å². The minimum Gasteiger partial charge on any atom is -0.477 e. The molecule has 4 rings (SSSR count). The average molecular weight is 327 g/mol. The maximum atomic E-state index is 12.6. The highest BCUT2D eigenvalue weighted by Crippen LogP contribution is 2.65. The largest absolute Gasteiger partial charge is 0.477 e. The highest BCUT2D eigenvalue weighted by Gasteiger charge is 2.65. The lowest BCUT2D eigenvalue weighted by atomic mass is 10.0. The quantitative estimate of drug-likeness (QED) is 0.887. The van der Waals surface area contributed by atoms with Crippen molar-refractivity contribution in [2.45, 2.75) is 37.1 Å². The van der Waals surface area contributed by atoms with Gasteiger partial charge in [-0.25, -0.2) is 17.9 Å². The van der Waals surface area contributed by atoms with E-state index < -0.39 is 16.0 Å². The number of carboxylic acid groups (broad SMARTS) is 1. The molecule has 0 saturated heterocycles. The number of thiophene rings is 1. The first-order valence-electron chi connectivity index (χ1n) is 7.24. The van der Waals surface area contributed by atoms with Gasteiger partial charge < -0.3 is 5.11 Å². The Balaban J connectivity index is 1.61. The fraction of sp³-hybridized carbons (Fsp3) is 0.643. The molecule has 21 heavy (non-hydrogen) atoms. The Morgan fingerprint density at radius 3 is 2.52 bits per heavy atom. The van der Waals surface area contributed by atoms with Crippen molar-refractivity contribution in [3.63, 3.8) is 0 Å². The van der Waals surface area contributed by atoms with Crippen molar-refractivity contribution >= 4 is 27.3 Å². The molecule has 114 valence electrons. The summed E-state index contributed by atoms with van der Waals surface area (Å²) in [5, 5.41) is 10.8. The number of nitrogens with one attached hydrogen (secondary N) is 1. The van der Waals surface area contributed by atoms with E-state index in [1.807, 2.05) is 0 Å². The average Bonchev–Trinajstić information content (AvgIpc) is 2.82. The van der Waals surface area contributed by atoms with E-state index in [1.165, 1.54) is 19.3 Å². The molecular weight excluding hydrogens is 310 g/mol. The van der Waals surface area contributed by atoms with Gasteiger partial charge in [-0.15, -0.1) is 11.3 Å². The normalized spacial score (nSPS) is 36.7. The molecule has 1 heterocycles. The van der Waals surface area contributed by atoms with Gasteiger partial charge in [0.1, 0.15) is 9.77 Å². The van der Waals surface area contributed by atoms with Crippen LogP contribution >= 0.6 is 11.3 Å². The molecule has 0 spiro atoms. The lowest BCUT2D eigenvalue weighted by Crippen LogP contribution is -2.31. The number of aryl methyl sites for hydroxylation is 1. The van der Waals surface area contributed by atoms with E-state index in [2.05, 4.69) is 4.72 Å². The summed E-state index contributed by atoms with van der Waals surface area (Å²) in [4.78, 5) is 11.1. The summed E-state index contributed by atoms with van der Waals surface area (Å²) in [5.74, 6) is 1.16. The van der Waals surface area contributed by atoms with Crippen molar-refractivity contribution in [1.29, 1.82) is 0 Å². The summed E-state index contributed by atoms with van der Waals surface area (Å²) >= 11 is 0.975. The molecule has 0 aromatic carbocycles. The fourth-order valence-corrected chi connectivity index (χ4v) is 7.57. The Hall–Kier alpha value is -0.920. The second-order valence-electron chi connectivity index (χ2n) is 6.52. The van der Waals surface area contributed by atoms with Crippen molar-refractivity contribution in [3.05, 3.63) is 15.8 Å². The number of hydrogen-bond donors (Lipinski definition) is 2. The summed E-state index contributed by atoms with van der Waals surface area (Å²) in [6.07, 6.45) is 3.70. The number of fused-ring (bicyclic) bond motifs is 5. The van der Waals surface area contributed by atoms with E-state index in [0.717, 1.165) is 11.3 Å². The molecule has 4 atom stereocenters. The van der Waals surface area contributed by atoms with Gasteiger partial charge in [-0.1, -0.05) is 0 Å². The second kappa shape index (κ2) is 4.30. The van der Waals surface area contributed by atoms with E-state index in [4.69, 9.17) is 5.11 Å². The molecule has 3 aliphatic rings. The van der Waals surface area contributed by atoms with Crippen LogP contribution in [0.15, 0.2) is 10.3 Å². The van der Waals surface area contributed by atoms with Gasteiger partial charge in [0.25, 0.3) is 0 Å². The number of rotatable bonds is 4. The molecule has 0 aliphatic heterocycles. The Labute approximate surface area is 127 Å². The van der Waals surface area contributed by atoms with Gasteiger partial charge in [-0.3, -0.25) is 0 Å². The molecule has 1 aromatic rings. The molecule has 0 radical (unpaired) electrons. The molecule has 3 fully saturated rings. The van der Waals surface area contributed by atoms with Crippen molar-refractivity contribution in [2.24, 2.45) is 23.7 Å². The number of sulfonamides is 1. The summed E-state index contributed by atoms with van der Waals surface area (Å²) in [5.41, 5.74) is 0.513. The molecule has 4 unspecified atom stereocenters. The molecule has 2 N–H and O–H groups in total. The van der Waals surface area contributed by atoms with Crippen molar-refractivity contribution in [2.75, 3.05) is 0 Å². The van der Waals surface area contributed by atoms with E-state index in [1.54, 1.807) is 12.3 Å². The number of aromatic carboxylic acids is 1. The van der Waals surface area contributed by atoms with Crippen LogP contribution in [0.3, 0.4) is 0 Å². The lowest BCUT2D eigenvalue weighted by molar-refractivity contribution is 0.0698. The van der Waals surface area contributed by atoms with Crippen LogP contribution in [0.25, 0.3) is 0 Å². The summed E-state index contributed by atoms with van der Waals surface area (Å²) in [6, 6.07) is 0.0298. The third kappa shape index (κ3) is 1.90. The minimum atomic E-state index is -3.74. The van der Waals surface area contributed by atoms with Crippen LogP contribution in [0, 0.1) is 30.6 Å². The van der Waals surface area contributed by atoms with E-state index in [9.17, 15) is 13.2 Å². The molecule has 2 bridgehead atoms.